The van der Waals surface area contributed by atoms with E-state index in [0.29, 0.717) is 5.69 Å². The van der Waals surface area contributed by atoms with E-state index in [2.05, 4.69) is 103 Å². The molecule has 164 valence electrons. The van der Waals surface area contributed by atoms with Gasteiger partial charge in [-0.15, -0.1) is 35.3 Å². The molecule has 0 bridgehead atoms. The summed E-state index contributed by atoms with van der Waals surface area (Å²) in [6, 6.07) is 43.3. The number of aryl methyl sites for hydroxylation is 1. The standard InChI is InChI=1S/C12H10Si.C9H7.C7H8N.2ClH.Zr/c1-3-7-11(8-4-1)13-12-9-5-2-6-10-12;1-2-5-9-7-3-6-8(9)4-1;1-6-3-2-4-7(8)5-6;;;/h1-10H;1-7H;2-5,8H,1H3;2*1H;/q;2*-1;;;+4/p-2. The van der Waals surface area contributed by atoms with E-state index in [1.807, 2.05) is 25.1 Å². The van der Waals surface area contributed by atoms with Gasteiger partial charge in [0.25, 0.3) is 0 Å². The summed E-state index contributed by atoms with van der Waals surface area (Å²) < 4.78 is 0. The Morgan fingerprint density at radius 3 is 1.67 bits per heavy atom. The molecule has 0 spiro atoms. The minimum atomic E-state index is 0. The molecule has 0 saturated heterocycles. The van der Waals surface area contributed by atoms with Crippen molar-refractivity contribution in [2.45, 2.75) is 6.92 Å². The number of halogens is 2. The summed E-state index contributed by atoms with van der Waals surface area (Å²) >= 11 is 0. The fraction of sp³-hybridized carbons (Fsp3) is 0.0357. The first-order valence-electron chi connectivity index (χ1n) is 9.96. The Labute approximate surface area is 231 Å². The van der Waals surface area contributed by atoms with Crippen LogP contribution in [0.15, 0.2) is 127 Å². The normalized spacial score (nSPS) is 8.88. The summed E-state index contributed by atoms with van der Waals surface area (Å²) in [6.45, 7) is 1.98. The van der Waals surface area contributed by atoms with E-state index in [4.69, 9.17) is 5.73 Å². The van der Waals surface area contributed by atoms with Crippen molar-refractivity contribution in [3.63, 3.8) is 0 Å². The Balaban J connectivity index is 0.000000460. The van der Waals surface area contributed by atoms with Gasteiger partial charge in [-0.1, -0.05) is 107 Å². The van der Waals surface area contributed by atoms with Crippen LogP contribution < -0.4 is 35.2 Å². The van der Waals surface area contributed by atoms with Crippen molar-refractivity contribution < 1.29 is 51.0 Å². The fourth-order valence-corrected chi connectivity index (χ4v) is 3.98. The van der Waals surface area contributed by atoms with Crippen molar-refractivity contribution in [2.24, 2.45) is 0 Å². The number of nitrogens with one attached hydrogen (secondary N) is 1. The second-order valence-corrected chi connectivity index (χ2v) is 8.29. The second kappa shape index (κ2) is 17.4. The predicted octanol–water partition coefficient (Wildman–Crippen LogP) is 0.585. The average Bonchev–Trinajstić information content (AvgIpc) is 3.25. The molecule has 5 aromatic carbocycles. The van der Waals surface area contributed by atoms with Crippen molar-refractivity contribution in [1.82, 2.24) is 0 Å². The van der Waals surface area contributed by atoms with E-state index in [1.54, 1.807) is 6.07 Å². The number of hydrogen-bond acceptors (Lipinski definition) is 0. The first-order valence-corrected chi connectivity index (χ1v) is 11.0. The molecule has 2 radical (unpaired) electrons. The van der Waals surface area contributed by atoms with Gasteiger partial charge in [-0.05, 0) is 6.92 Å². The molecule has 0 aromatic heterocycles. The molecule has 0 unspecified atom stereocenters. The van der Waals surface area contributed by atoms with E-state index in [-0.39, 0.29) is 51.0 Å². The Morgan fingerprint density at radius 2 is 1.18 bits per heavy atom. The zero-order valence-electron chi connectivity index (χ0n) is 18.4. The molecule has 0 heterocycles. The van der Waals surface area contributed by atoms with Crippen LogP contribution in [0.2, 0.25) is 0 Å². The number of benzene rings is 4. The van der Waals surface area contributed by atoms with Gasteiger partial charge in [0, 0.05) is 0 Å². The van der Waals surface area contributed by atoms with Crippen molar-refractivity contribution in [3.8, 4) is 0 Å². The van der Waals surface area contributed by atoms with E-state index in [9.17, 15) is 0 Å². The monoisotopic (exact) mass is 563 g/mol. The molecule has 0 saturated carbocycles. The maximum atomic E-state index is 7.14. The predicted molar refractivity (Wildman–Crippen MR) is 133 cm³/mol. The molecule has 0 amide bonds. The molecule has 0 aliphatic carbocycles. The molecule has 0 aliphatic rings. The molecule has 5 aromatic rings. The summed E-state index contributed by atoms with van der Waals surface area (Å²) in [6.07, 6.45) is 0. The fourth-order valence-electron chi connectivity index (χ4n) is 2.92. The summed E-state index contributed by atoms with van der Waals surface area (Å²) in [5, 5.41) is 5.46. The Bertz CT molecular complexity index is 1060. The quantitative estimate of drug-likeness (QED) is 0.221. The van der Waals surface area contributed by atoms with Crippen LogP contribution in [0.25, 0.3) is 16.5 Å². The van der Waals surface area contributed by atoms with Crippen molar-refractivity contribution >= 4 is 36.4 Å². The minimum Gasteiger partial charge on any atom is -1.00 e. The third kappa shape index (κ3) is 11.6. The van der Waals surface area contributed by atoms with Crippen LogP contribution >= 0.6 is 0 Å². The number of rotatable bonds is 2. The van der Waals surface area contributed by atoms with Crippen molar-refractivity contribution in [1.29, 1.82) is 0 Å². The van der Waals surface area contributed by atoms with Crippen LogP contribution in [-0.2, 0) is 26.2 Å². The Hall–Kier alpha value is -2.03. The zero-order valence-corrected chi connectivity index (χ0v) is 23.4. The molecule has 1 nitrogen and oxygen atoms in total. The molecular formula is C28H25Cl2NSiZr. The number of fused-ring (bicyclic) bond motifs is 1. The maximum absolute atomic E-state index is 7.14. The van der Waals surface area contributed by atoms with Gasteiger partial charge in [0.15, 0.2) is 0 Å². The Morgan fingerprint density at radius 1 is 0.636 bits per heavy atom. The van der Waals surface area contributed by atoms with Crippen LogP contribution in [-0.4, -0.2) is 9.52 Å². The SMILES string of the molecule is Cc1cccc([NH-])c1.[Cl-].[Cl-].[Zr+4].c1ccc([Si]c2ccccc2)cc1.c1ccc2[cH-]ccc2c1. The maximum Gasteiger partial charge on any atom is 4.00 e. The van der Waals surface area contributed by atoms with Gasteiger partial charge in [0.2, 0.25) is 0 Å². The molecule has 5 rings (SSSR count). The third-order valence-electron chi connectivity index (χ3n) is 4.40. The smallest absolute Gasteiger partial charge is 1.00 e. The van der Waals surface area contributed by atoms with E-state index >= 15 is 0 Å². The molecule has 5 heteroatoms. The molecule has 1 N–H and O–H groups in total. The van der Waals surface area contributed by atoms with Gasteiger partial charge in [-0.3, -0.25) is 0 Å². The van der Waals surface area contributed by atoms with Gasteiger partial charge in [0.05, 0.1) is 0 Å². The third-order valence-corrected chi connectivity index (χ3v) is 5.65. The van der Waals surface area contributed by atoms with Crippen LogP contribution in [0.5, 0.6) is 0 Å². The Kier molecular flexibility index (Phi) is 16.4. The summed E-state index contributed by atoms with van der Waals surface area (Å²) in [5.74, 6) is 0. The molecule has 0 atom stereocenters. The molecule has 0 aliphatic heterocycles. The topological polar surface area (TPSA) is 23.8 Å². The minimum absolute atomic E-state index is 0. The van der Waals surface area contributed by atoms with E-state index in [1.165, 1.54) is 21.1 Å². The van der Waals surface area contributed by atoms with Gasteiger partial charge < -0.3 is 30.5 Å². The van der Waals surface area contributed by atoms with Crippen LogP contribution in [0.1, 0.15) is 5.56 Å². The zero-order chi connectivity index (χ0) is 21.0. The molecular weight excluding hydrogens is 541 g/mol. The van der Waals surface area contributed by atoms with Crippen molar-refractivity contribution in [2.75, 3.05) is 0 Å². The summed E-state index contributed by atoms with van der Waals surface area (Å²) in [5.41, 5.74) is 8.87. The van der Waals surface area contributed by atoms with Crippen LogP contribution in [0, 0.1) is 6.92 Å². The summed E-state index contributed by atoms with van der Waals surface area (Å²) in [4.78, 5) is 0. The van der Waals surface area contributed by atoms with Gasteiger partial charge in [-0.2, -0.15) is 17.5 Å². The van der Waals surface area contributed by atoms with Gasteiger partial charge in [-0.25, -0.2) is 0 Å². The first-order chi connectivity index (χ1) is 14.7. The van der Waals surface area contributed by atoms with Gasteiger partial charge in [0.1, 0.15) is 9.52 Å². The average molecular weight is 566 g/mol. The van der Waals surface area contributed by atoms with Gasteiger partial charge >= 0.3 is 26.2 Å². The number of hydrogen-bond donors (Lipinski definition) is 0. The van der Waals surface area contributed by atoms with E-state index in [0.717, 1.165) is 15.1 Å². The van der Waals surface area contributed by atoms with Crippen LogP contribution in [0.4, 0.5) is 5.69 Å². The van der Waals surface area contributed by atoms with E-state index < -0.39 is 0 Å². The first kappa shape index (κ1) is 31.0. The summed E-state index contributed by atoms with van der Waals surface area (Å²) in [7, 11) is 0.777. The molecule has 33 heavy (non-hydrogen) atoms. The van der Waals surface area contributed by atoms with Crippen LogP contribution in [0.3, 0.4) is 0 Å². The molecule has 0 fully saturated rings. The largest absolute Gasteiger partial charge is 4.00 e. The second-order valence-electron chi connectivity index (χ2n) is 6.88. The van der Waals surface area contributed by atoms with Crippen molar-refractivity contribution in [3.05, 3.63) is 139 Å².